The van der Waals surface area contributed by atoms with E-state index in [1.54, 1.807) is 10.9 Å². The number of aromatic nitrogens is 3. The first kappa shape index (κ1) is 22.8. The van der Waals surface area contributed by atoms with Crippen molar-refractivity contribution in [2.45, 2.75) is 33.1 Å². The number of carbonyl (C=O) groups is 1. The van der Waals surface area contributed by atoms with Gasteiger partial charge in [-0.05, 0) is 67.3 Å². The Kier molecular flexibility index (Phi) is 6.30. The maximum Gasteiger partial charge on any atom is 0.267 e. The van der Waals surface area contributed by atoms with Crippen molar-refractivity contribution in [2.75, 3.05) is 5.32 Å². The molecule has 2 heterocycles. The summed E-state index contributed by atoms with van der Waals surface area (Å²) in [4.78, 5) is 15.1. The number of amides is 1. The van der Waals surface area contributed by atoms with Crippen LogP contribution in [0.1, 0.15) is 40.6 Å². The Morgan fingerprint density at radius 2 is 1.76 bits per heavy atom. The SMILES string of the molecule is CCCCc1ccc(-n2nc3cc(C)c(NC(=O)c4sc5cc(Cl)ccc5c4Cl)cc3n2)cc1. The molecule has 0 spiro atoms. The normalized spacial score (nSPS) is 11.4. The maximum atomic E-state index is 13.1. The van der Waals surface area contributed by atoms with E-state index in [0.717, 1.165) is 33.3 Å². The zero-order valence-electron chi connectivity index (χ0n) is 18.7. The zero-order chi connectivity index (χ0) is 23.8. The molecule has 0 fully saturated rings. The first-order chi connectivity index (χ1) is 16.4. The fourth-order valence-corrected chi connectivity index (χ4v) is 5.55. The summed E-state index contributed by atoms with van der Waals surface area (Å²) in [6, 6.07) is 17.5. The number of aryl methyl sites for hydroxylation is 2. The van der Waals surface area contributed by atoms with Gasteiger partial charge in [0.2, 0.25) is 0 Å². The minimum atomic E-state index is -0.264. The third kappa shape index (κ3) is 4.41. The number of hydrogen-bond acceptors (Lipinski definition) is 4. The lowest BCUT2D eigenvalue weighted by Gasteiger charge is -2.07. The van der Waals surface area contributed by atoms with Crippen LogP contribution in [0.4, 0.5) is 5.69 Å². The molecular weight excluding hydrogens is 487 g/mol. The molecule has 0 saturated heterocycles. The number of carbonyl (C=O) groups excluding carboxylic acids is 1. The Bertz CT molecular complexity index is 1520. The highest BCUT2D eigenvalue weighted by atomic mass is 35.5. The summed E-state index contributed by atoms with van der Waals surface area (Å²) in [5.74, 6) is -0.264. The van der Waals surface area contributed by atoms with Gasteiger partial charge in [0.05, 0.1) is 10.7 Å². The standard InChI is InChI=1S/C26H22Cl2N4OS/c1-3-4-5-16-6-9-18(10-7-16)32-30-21-12-15(2)20(14-22(21)31-32)29-26(33)25-24(28)19-11-8-17(27)13-23(19)34-25/h6-14H,3-5H2,1-2H3,(H,29,33). The summed E-state index contributed by atoms with van der Waals surface area (Å²) in [5, 5.41) is 14.1. The van der Waals surface area contributed by atoms with E-state index in [1.807, 2.05) is 43.3 Å². The average molecular weight is 509 g/mol. The molecule has 0 aliphatic heterocycles. The first-order valence-corrected chi connectivity index (χ1v) is 12.7. The van der Waals surface area contributed by atoms with Crippen molar-refractivity contribution in [2.24, 2.45) is 0 Å². The van der Waals surface area contributed by atoms with E-state index in [1.165, 1.54) is 29.7 Å². The van der Waals surface area contributed by atoms with Crippen LogP contribution in [0.3, 0.4) is 0 Å². The molecule has 0 unspecified atom stereocenters. The molecular formula is C26H22Cl2N4OS. The van der Waals surface area contributed by atoms with Crippen LogP contribution in [0.15, 0.2) is 54.6 Å². The van der Waals surface area contributed by atoms with Crippen molar-refractivity contribution < 1.29 is 4.79 Å². The lowest BCUT2D eigenvalue weighted by Crippen LogP contribution is -2.11. The van der Waals surface area contributed by atoms with E-state index in [2.05, 4.69) is 34.6 Å². The van der Waals surface area contributed by atoms with Crippen LogP contribution >= 0.6 is 34.5 Å². The summed E-state index contributed by atoms with van der Waals surface area (Å²) < 4.78 is 0.874. The summed E-state index contributed by atoms with van der Waals surface area (Å²) in [6.45, 7) is 4.13. The maximum absolute atomic E-state index is 13.1. The van der Waals surface area contributed by atoms with E-state index in [9.17, 15) is 4.79 Å². The number of nitrogens with one attached hydrogen (secondary N) is 1. The van der Waals surface area contributed by atoms with Crippen molar-refractivity contribution in [1.82, 2.24) is 15.0 Å². The van der Waals surface area contributed by atoms with E-state index in [0.29, 0.717) is 26.1 Å². The van der Waals surface area contributed by atoms with E-state index < -0.39 is 0 Å². The Hall–Kier alpha value is -2.93. The largest absolute Gasteiger partial charge is 0.321 e. The second-order valence-corrected chi connectivity index (χ2v) is 10.1. The second kappa shape index (κ2) is 9.37. The molecule has 5 nitrogen and oxygen atoms in total. The van der Waals surface area contributed by atoms with Crippen LogP contribution in [-0.2, 0) is 6.42 Å². The molecule has 0 atom stereocenters. The summed E-state index contributed by atoms with van der Waals surface area (Å²) in [6.07, 6.45) is 3.43. The van der Waals surface area contributed by atoms with Crippen LogP contribution in [0.5, 0.6) is 0 Å². The Morgan fingerprint density at radius 1 is 1.03 bits per heavy atom. The van der Waals surface area contributed by atoms with Crippen molar-refractivity contribution >= 4 is 67.3 Å². The molecule has 172 valence electrons. The van der Waals surface area contributed by atoms with Gasteiger partial charge in [0, 0.05) is 20.8 Å². The lowest BCUT2D eigenvalue weighted by atomic mass is 10.1. The quantitative estimate of drug-likeness (QED) is 0.254. The van der Waals surface area contributed by atoms with Gasteiger partial charge < -0.3 is 5.32 Å². The van der Waals surface area contributed by atoms with Crippen molar-refractivity contribution in [3.05, 3.63) is 80.6 Å². The van der Waals surface area contributed by atoms with Crippen LogP contribution in [-0.4, -0.2) is 20.9 Å². The second-order valence-electron chi connectivity index (χ2n) is 8.26. The van der Waals surface area contributed by atoms with E-state index in [-0.39, 0.29) is 5.91 Å². The predicted molar refractivity (Wildman–Crippen MR) is 142 cm³/mol. The molecule has 0 aliphatic rings. The summed E-state index contributed by atoms with van der Waals surface area (Å²) >= 11 is 13.9. The van der Waals surface area contributed by atoms with Gasteiger partial charge in [-0.2, -0.15) is 4.80 Å². The number of benzene rings is 3. The summed E-state index contributed by atoms with van der Waals surface area (Å²) in [7, 11) is 0. The first-order valence-electron chi connectivity index (χ1n) is 11.1. The molecule has 0 radical (unpaired) electrons. The van der Waals surface area contributed by atoms with Gasteiger partial charge in [-0.25, -0.2) is 0 Å². The number of halogens is 2. The van der Waals surface area contributed by atoms with E-state index >= 15 is 0 Å². The minimum absolute atomic E-state index is 0.264. The van der Waals surface area contributed by atoms with Gasteiger partial charge in [-0.3, -0.25) is 4.79 Å². The molecule has 34 heavy (non-hydrogen) atoms. The average Bonchev–Trinajstić information content (AvgIpc) is 3.38. The van der Waals surface area contributed by atoms with Crippen molar-refractivity contribution in [1.29, 1.82) is 0 Å². The number of fused-ring (bicyclic) bond motifs is 2. The molecule has 5 aromatic rings. The molecule has 1 amide bonds. The minimum Gasteiger partial charge on any atom is -0.321 e. The van der Waals surface area contributed by atoms with Gasteiger partial charge in [-0.15, -0.1) is 21.5 Å². The highest BCUT2D eigenvalue weighted by Gasteiger charge is 2.19. The van der Waals surface area contributed by atoms with Crippen LogP contribution < -0.4 is 5.32 Å². The molecule has 0 bridgehead atoms. The van der Waals surface area contributed by atoms with Gasteiger partial charge in [-0.1, -0.05) is 54.7 Å². The Labute approximate surface area is 211 Å². The fraction of sp³-hybridized carbons (Fsp3) is 0.192. The van der Waals surface area contributed by atoms with Crippen LogP contribution in [0.25, 0.3) is 26.8 Å². The number of anilines is 1. The third-order valence-electron chi connectivity index (χ3n) is 5.76. The van der Waals surface area contributed by atoms with Gasteiger partial charge in [0.25, 0.3) is 5.91 Å². The molecule has 0 saturated carbocycles. The van der Waals surface area contributed by atoms with E-state index in [4.69, 9.17) is 23.2 Å². The lowest BCUT2D eigenvalue weighted by molar-refractivity contribution is 0.103. The van der Waals surface area contributed by atoms with Gasteiger partial charge in [0.15, 0.2) is 0 Å². The monoisotopic (exact) mass is 508 g/mol. The Morgan fingerprint density at radius 3 is 2.50 bits per heavy atom. The topological polar surface area (TPSA) is 59.8 Å². The number of nitrogens with zero attached hydrogens (tertiary/aromatic N) is 3. The Balaban J connectivity index is 1.42. The number of hydrogen-bond donors (Lipinski definition) is 1. The molecule has 1 N–H and O–H groups in total. The van der Waals surface area contributed by atoms with Crippen molar-refractivity contribution in [3.8, 4) is 5.69 Å². The molecule has 8 heteroatoms. The molecule has 0 aliphatic carbocycles. The number of rotatable bonds is 6. The summed E-state index contributed by atoms with van der Waals surface area (Å²) in [5.41, 5.74) is 5.24. The third-order valence-corrected chi connectivity index (χ3v) is 7.65. The smallest absolute Gasteiger partial charge is 0.267 e. The molecule has 3 aromatic carbocycles. The van der Waals surface area contributed by atoms with Crippen LogP contribution in [0, 0.1) is 6.92 Å². The highest BCUT2D eigenvalue weighted by molar-refractivity contribution is 7.21. The number of unbranched alkanes of at least 4 members (excludes halogenated alkanes) is 1. The zero-order valence-corrected chi connectivity index (χ0v) is 21.1. The van der Waals surface area contributed by atoms with Gasteiger partial charge in [0.1, 0.15) is 15.9 Å². The molecule has 2 aromatic heterocycles. The van der Waals surface area contributed by atoms with Crippen molar-refractivity contribution in [3.63, 3.8) is 0 Å². The fourth-order valence-electron chi connectivity index (χ4n) is 3.86. The van der Waals surface area contributed by atoms with Crippen LogP contribution in [0.2, 0.25) is 10.0 Å². The molecule has 5 rings (SSSR count). The predicted octanol–water partition coefficient (Wildman–Crippen LogP) is 7.85. The van der Waals surface area contributed by atoms with Gasteiger partial charge >= 0.3 is 0 Å². The highest BCUT2D eigenvalue weighted by Crippen LogP contribution is 2.37. The number of thiophene rings is 1.